The molecule has 1 N–H and O–H groups in total. The minimum absolute atomic E-state index is 0.0515. The van der Waals surface area contributed by atoms with Crippen LogP contribution in [0.5, 0.6) is 11.5 Å². The smallest absolute Gasteiger partial charge is 0.264 e. The van der Waals surface area contributed by atoms with Gasteiger partial charge in [-0.05, 0) is 62.4 Å². The van der Waals surface area contributed by atoms with Crippen LogP contribution in [0.4, 0.5) is 11.4 Å². The number of hydrogen-bond acceptors (Lipinski definition) is 6. The number of amides is 1. The van der Waals surface area contributed by atoms with Crippen molar-refractivity contribution in [3.63, 3.8) is 0 Å². The number of sulfonamides is 1. The molecule has 8 nitrogen and oxygen atoms in total. The first-order valence-corrected chi connectivity index (χ1v) is 11.8. The molecule has 0 unspecified atom stereocenters. The van der Waals surface area contributed by atoms with E-state index in [0.717, 1.165) is 9.87 Å². The molecule has 0 atom stereocenters. The molecule has 1 amide bonds. The molecule has 3 rings (SSSR count). The van der Waals surface area contributed by atoms with Crippen molar-refractivity contribution in [3.8, 4) is 11.5 Å². The maximum absolute atomic E-state index is 13.6. The molecule has 0 spiro atoms. The van der Waals surface area contributed by atoms with Crippen molar-refractivity contribution in [1.82, 2.24) is 0 Å². The molecule has 0 bridgehead atoms. The average Bonchev–Trinajstić information content (AvgIpc) is 2.83. The summed E-state index contributed by atoms with van der Waals surface area (Å²) in [5, 5.41) is 2.68. The van der Waals surface area contributed by atoms with Gasteiger partial charge in [0.05, 0.1) is 24.8 Å². The van der Waals surface area contributed by atoms with Crippen molar-refractivity contribution in [2.75, 3.05) is 30.4 Å². The third-order valence-electron chi connectivity index (χ3n) is 5.13. The summed E-state index contributed by atoms with van der Waals surface area (Å²) in [6.07, 6.45) is 0. The quantitative estimate of drug-likeness (QED) is 0.462. The second-order valence-electron chi connectivity index (χ2n) is 7.55. The van der Waals surface area contributed by atoms with Crippen LogP contribution in [-0.2, 0) is 14.8 Å². The van der Waals surface area contributed by atoms with Gasteiger partial charge in [-0.3, -0.25) is 13.9 Å². The predicted molar refractivity (Wildman–Crippen MR) is 130 cm³/mol. The van der Waals surface area contributed by atoms with Gasteiger partial charge in [0, 0.05) is 17.3 Å². The number of methoxy groups -OCH3 is 2. The van der Waals surface area contributed by atoms with E-state index in [1.165, 1.54) is 39.3 Å². The van der Waals surface area contributed by atoms with Gasteiger partial charge >= 0.3 is 0 Å². The minimum atomic E-state index is -4.14. The lowest BCUT2D eigenvalue weighted by Crippen LogP contribution is -2.38. The molecule has 3 aromatic carbocycles. The Labute approximate surface area is 199 Å². The Balaban J connectivity index is 1.94. The van der Waals surface area contributed by atoms with Crippen molar-refractivity contribution < 1.29 is 27.5 Å². The molecular weight excluding hydrogens is 456 g/mol. The van der Waals surface area contributed by atoms with Gasteiger partial charge in [0.1, 0.15) is 6.54 Å². The summed E-state index contributed by atoms with van der Waals surface area (Å²) in [6.45, 7) is 2.87. The van der Waals surface area contributed by atoms with Crippen LogP contribution in [0.15, 0.2) is 71.6 Å². The second kappa shape index (κ2) is 10.4. The van der Waals surface area contributed by atoms with Crippen molar-refractivity contribution in [2.24, 2.45) is 0 Å². The zero-order valence-corrected chi connectivity index (χ0v) is 20.2. The number of nitrogens with one attached hydrogen (secondary N) is 1. The number of benzene rings is 3. The lowest BCUT2D eigenvalue weighted by atomic mass is 10.1. The number of carbonyl (C=O) groups excluding carboxylic acids is 2. The Bertz CT molecular complexity index is 1290. The number of hydrogen-bond donors (Lipinski definition) is 1. The maximum Gasteiger partial charge on any atom is 0.264 e. The van der Waals surface area contributed by atoms with Gasteiger partial charge in [-0.1, -0.05) is 17.7 Å². The lowest BCUT2D eigenvalue weighted by Gasteiger charge is -2.24. The molecule has 0 radical (unpaired) electrons. The average molecular weight is 483 g/mol. The fraction of sp³-hybridized carbons (Fsp3) is 0.200. The molecule has 178 valence electrons. The summed E-state index contributed by atoms with van der Waals surface area (Å²) in [5.74, 6) is 0.00201. The Morgan fingerprint density at radius 1 is 0.882 bits per heavy atom. The first-order chi connectivity index (χ1) is 16.1. The first-order valence-electron chi connectivity index (χ1n) is 10.4. The summed E-state index contributed by atoms with van der Waals surface area (Å²) >= 11 is 0. The number of anilines is 2. The molecule has 0 fully saturated rings. The van der Waals surface area contributed by atoms with Gasteiger partial charge in [0.25, 0.3) is 10.0 Å². The molecule has 0 saturated heterocycles. The van der Waals surface area contributed by atoms with Crippen molar-refractivity contribution in [2.45, 2.75) is 18.7 Å². The second-order valence-corrected chi connectivity index (χ2v) is 9.41. The Morgan fingerprint density at radius 2 is 1.50 bits per heavy atom. The van der Waals surface area contributed by atoms with Gasteiger partial charge in [-0.25, -0.2) is 8.42 Å². The van der Waals surface area contributed by atoms with E-state index in [4.69, 9.17) is 9.47 Å². The van der Waals surface area contributed by atoms with E-state index in [9.17, 15) is 18.0 Å². The van der Waals surface area contributed by atoms with E-state index in [0.29, 0.717) is 22.7 Å². The van der Waals surface area contributed by atoms with Crippen LogP contribution in [0.3, 0.4) is 0 Å². The number of Topliss-reactive ketones (excluding diaryl/α,β-unsaturated/α-hetero) is 1. The van der Waals surface area contributed by atoms with Gasteiger partial charge in [0.15, 0.2) is 17.3 Å². The van der Waals surface area contributed by atoms with Gasteiger partial charge in [-0.2, -0.15) is 0 Å². The van der Waals surface area contributed by atoms with E-state index >= 15 is 0 Å². The first kappa shape index (κ1) is 24.8. The molecule has 0 aliphatic heterocycles. The van der Waals surface area contributed by atoms with Crippen LogP contribution in [-0.4, -0.2) is 40.9 Å². The molecule has 3 aromatic rings. The van der Waals surface area contributed by atoms with Crippen LogP contribution < -0.4 is 19.1 Å². The normalized spacial score (nSPS) is 10.9. The van der Waals surface area contributed by atoms with Crippen molar-refractivity contribution >= 4 is 33.1 Å². The highest BCUT2D eigenvalue weighted by molar-refractivity contribution is 7.92. The van der Waals surface area contributed by atoms with E-state index in [1.807, 2.05) is 6.92 Å². The maximum atomic E-state index is 13.6. The molecule has 34 heavy (non-hydrogen) atoms. The van der Waals surface area contributed by atoms with Crippen LogP contribution >= 0.6 is 0 Å². The van der Waals surface area contributed by atoms with E-state index in [-0.39, 0.29) is 16.4 Å². The van der Waals surface area contributed by atoms with E-state index in [2.05, 4.69) is 5.32 Å². The van der Waals surface area contributed by atoms with E-state index in [1.54, 1.807) is 48.5 Å². The van der Waals surface area contributed by atoms with Crippen LogP contribution in [0.25, 0.3) is 0 Å². The van der Waals surface area contributed by atoms with Gasteiger partial charge in [0.2, 0.25) is 5.91 Å². The Hall–Kier alpha value is -3.85. The van der Waals surface area contributed by atoms with Crippen molar-refractivity contribution in [1.29, 1.82) is 0 Å². The van der Waals surface area contributed by atoms with E-state index < -0.39 is 22.5 Å². The fourth-order valence-corrected chi connectivity index (χ4v) is 4.69. The fourth-order valence-electron chi connectivity index (χ4n) is 3.25. The van der Waals surface area contributed by atoms with Crippen LogP contribution in [0.2, 0.25) is 0 Å². The zero-order chi connectivity index (χ0) is 24.9. The monoisotopic (exact) mass is 482 g/mol. The SMILES string of the molecule is COc1ccc(S(=O)(=O)N(CC(=O)Nc2ccc(C(C)=O)cc2)c2ccc(C)cc2)cc1OC. The topological polar surface area (TPSA) is 102 Å². The molecule has 9 heteroatoms. The largest absolute Gasteiger partial charge is 0.493 e. The highest BCUT2D eigenvalue weighted by Gasteiger charge is 2.28. The van der Waals surface area contributed by atoms with Crippen LogP contribution in [0, 0.1) is 6.92 Å². The Kier molecular flexibility index (Phi) is 7.57. The highest BCUT2D eigenvalue weighted by atomic mass is 32.2. The highest BCUT2D eigenvalue weighted by Crippen LogP contribution is 2.32. The number of ether oxygens (including phenoxy) is 2. The molecule has 0 saturated carbocycles. The summed E-state index contributed by atoms with van der Waals surface area (Å²) in [7, 11) is -1.27. The van der Waals surface area contributed by atoms with Gasteiger partial charge in [-0.15, -0.1) is 0 Å². The standard InChI is InChI=1S/C25H26N2O6S/c1-17-5-11-21(12-6-17)27(16-25(29)26-20-9-7-19(8-10-20)18(2)28)34(30,31)22-13-14-23(32-3)24(15-22)33-4/h5-15H,16H2,1-4H3,(H,26,29). The van der Waals surface area contributed by atoms with Gasteiger partial charge < -0.3 is 14.8 Å². The van der Waals surface area contributed by atoms with Crippen LogP contribution in [0.1, 0.15) is 22.8 Å². The molecule has 0 heterocycles. The number of rotatable bonds is 9. The number of nitrogens with zero attached hydrogens (tertiary/aromatic N) is 1. The summed E-state index contributed by atoms with van der Waals surface area (Å²) in [6, 6.07) is 17.4. The summed E-state index contributed by atoms with van der Waals surface area (Å²) < 4.78 is 38.7. The summed E-state index contributed by atoms with van der Waals surface area (Å²) in [5.41, 5.74) is 2.24. The number of carbonyl (C=O) groups is 2. The number of aryl methyl sites for hydroxylation is 1. The third kappa shape index (κ3) is 5.55. The Morgan fingerprint density at radius 3 is 2.06 bits per heavy atom. The summed E-state index contributed by atoms with van der Waals surface area (Å²) in [4.78, 5) is 24.3. The third-order valence-corrected chi connectivity index (χ3v) is 6.90. The number of ketones is 1. The molecule has 0 aromatic heterocycles. The zero-order valence-electron chi connectivity index (χ0n) is 19.4. The van der Waals surface area contributed by atoms with Crippen molar-refractivity contribution in [3.05, 3.63) is 77.9 Å². The predicted octanol–water partition coefficient (Wildman–Crippen LogP) is 4.05. The molecule has 0 aliphatic carbocycles. The lowest BCUT2D eigenvalue weighted by molar-refractivity contribution is -0.114. The molecule has 0 aliphatic rings. The molecular formula is C25H26N2O6S. The minimum Gasteiger partial charge on any atom is -0.493 e.